The third-order valence-electron chi connectivity index (χ3n) is 3.56. The molecule has 0 spiro atoms. The largest absolute Gasteiger partial charge is 0.384 e. The highest BCUT2D eigenvalue weighted by Crippen LogP contribution is 2.22. The number of guanidine groups is 1. The molecule has 1 aromatic heterocycles. The molecule has 1 aromatic rings. The number of aliphatic imine (C=N–C) groups is 1. The van der Waals surface area contributed by atoms with Crippen LogP contribution < -0.4 is 16.0 Å². The Morgan fingerprint density at radius 1 is 1.35 bits per heavy atom. The first-order chi connectivity index (χ1) is 10.7. The highest BCUT2D eigenvalue weighted by atomic mass is 32.1. The summed E-state index contributed by atoms with van der Waals surface area (Å²) < 4.78 is 0. The molecule has 0 aromatic carbocycles. The van der Waals surface area contributed by atoms with Gasteiger partial charge in [-0.15, -0.1) is 0 Å². The lowest BCUT2D eigenvalue weighted by Gasteiger charge is -2.25. The van der Waals surface area contributed by atoms with E-state index < -0.39 is 11.0 Å². The van der Waals surface area contributed by atoms with Crippen LogP contribution in [0.15, 0.2) is 21.8 Å². The van der Waals surface area contributed by atoms with Crippen molar-refractivity contribution >= 4 is 23.2 Å². The summed E-state index contributed by atoms with van der Waals surface area (Å²) in [5.74, 6) is 0.530. The molecule has 1 amide bonds. The third-order valence-corrected chi connectivity index (χ3v) is 4.24. The average Bonchev–Trinajstić information content (AvgIpc) is 3.04. The van der Waals surface area contributed by atoms with Crippen LogP contribution in [0.3, 0.4) is 0 Å². The predicted molar refractivity (Wildman–Crippen MR) is 95.7 cm³/mol. The zero-order valence-electron chi connectivity index (χ0n) is 14.6. The van der Waals surface area contributed by atoms with Crippen molar-refractivity contribution in [1.29, 1.82) is 0 Å². The fourth-order valence-corrected chi connectivity index (χ4v) is 2.74. The van der Waals surface area contributed by atoms with Crippen LogP contribution in [0, 0.1) is 5.41 Å². The molecule has 0 fully saturated rings. The normalized spacial score (nSPS) is 15.0. The quantitative estimate of drug-likeness (QED) is 0.445. The first-order valence-electron chi connectivity index (χ1n) is 7.72. The number of carbonyl (C=O) groups excluding carboxylic acids is 1. The van der Waals surface area contributed by atoms with Gasteiger partial charge in [-0.25, -0.2) is 0 Å². The summed E-state index contributed by atoms with van der Waals surface area (Å²) >= 11 is 1.55. The van der Waals surface area contributed by atoms with Crippen LogP contribution in [0.1, 0.15) is 33.3 Å². The molecule has 0 aliphatic carbocycles. The van der Waals surface area contributed by atoms with Crippen LogP contribution in [0.4, 0.5) is 0 Å². The number of aliphatic hydroxyl groups is 1. The maximum absolute atomic E-state index is 11.8. The van der Waals surface area contributed by atoms with Crippen molar-refractivity contribution < 1.29 is 9.90 Å². The fourth-order valence-electron chi connectivity index (χ4n) is 1.96. The van der Waals surface area contributed by atoms with Gasteiger partial charge in [-0.1, -0.05) is 0 Å². The average molecular weight is 340 g/mol. The van der Waals surface area contributed by atoms with Gasteiger partial charge in [0.15, 0.2) is 5.96 Å². The first-order valence-corrected chi connectivity index (χ1v) is 8.66. The molecular formula is C16H28N4O2S. The monoisotopic (exact) mass is 340 g/mol. The molecule has 7 heteroatoms. The zero-order valence-corrected chi connectivity index (χ0v) is 15.4. The summed E-state index contributed by atoms with van der Waals surface area (Å²) in [4.78, 5) is 16.3. The smallest absolute Gasteiger partial charge is 0.227 e. The second kappa shape index (κ2) is 8.31. The fraction of sp³-hybridized carbons (Fsp3) is 0.625. The lowest BCUT2D eigenvalue weighted by atomic mass is 9.93. The van der Waals surface area contributed by atoms with Gasteiger partial charge in [-0.3, -0.25) is 9.79 Å². The van der Waals surface area contributed by atoms with Crippen molar-refractivity contribution in [3.8, 4) is 0 Å². The van der Waals surface area contributed by atoms with Gasteiger partial charge in [0.2, 0.25) is 5.91 Å². The van der Waals surface area contributed by atoms with Crippen LogP contribution >= 0.6 is 11.3 Å². The topological polar surface area (TPSA) is 85.8 Å². The summed E-state index contributed by atoms with van der Waals surface area (Å²) in [6.07, 6.45) is 0. The van der Waals surface area contributed by atoms with E-state index in [9.17, 15) is 9.90 Å². The number of nitrogens with one attached hydrogen (secondary N) is 3. The third kappa shape index (κ3) is 5.84. The van der Waals surface area contributed by atoms with E-state index >= 15 is 0 Å². The number of carbonyl (C=O) groups is 1. The number of nitrogens with zero attached hydrogens (tertiary/aromatic N) is 1. The molecule has 0 saturated heterocycles. The Morgan fingerprint density at radius 2 is 2.04 bits per heavy atom. The van der Waals surface area contributed by atoms with E-state index in [4.69, 9.17) is 0 Å². The number of hydrogen-bond donors (Lipinski definition) is 4. The Hall–Kier alpha value is -1.60. The van der Waals surface area contributed by atoms with Gasteiger partial charge in [0.05, 0.1) is 18.5 Å². The van der Waals surface area contributed by atoms with Crippen molar-refractivity contribution in [2.45, 2.75) is 33.3 Å². The summed E-state index contributed by atoms with van der Waals surface area (Å²) in [5, 5.41) is 23.3. The standard InChI is InChI=1S/C16H28N4O2S/c1-6-18-14(19-10-15(2,3)13(21)17-5)20-11-16(4,22)12-7-8-23-9-12/h7-9,22H,6,10-11H2,1-5H3,(H,17,21)(H2,18,19,20). The van der Waals surface area contributed by atoms with Gasteiger partial charge < -0.3 is 21.1 Å². The molecule has 1 atom stereocenters. The highest BCUT2D eigenvalue weighted by molar-refractivity contribution is 7.08. The van der Waals surface area contributed by atoms with Crippen molar-refractivity contribution in [2.75, 3.05) is 26.7 Å². The van der Waals surface area contributed by atoms with Gasteiger partial charge in [0, 0.05) is 13.6 Å². The molecule has 0 radical (unpaired) electrons. The summed E-state index contributed by atoms with van der Waals surface area (Å²) in [6, 6.07) is 1.91. The maximum Gasteiger partial charge on any atom is 0.227 e. The highest BCUT2D eigenvalue weighted by Gasteiger charge is 2.27. The Balaban J connectivity index is 2.71. The van der Waals surface area contributed by atoms with E-state index in [1.807, 2.05) is 37.6 Å². The Bertz CT molecular complexity index is 524. The lowest BCUT2D eigenvalue weighted by molar-refractivity contribution is -0.128. The summed E-state index contributed by atoms with van der Waals surface area (Å²) in [7, 11) is 1.62. The van der Waals surface area contributed by atoms with Crippen LogP contribution in [0.5, 0.6) is 0 Å². The molecule has 0 aliphatic heterocycles. The van der Waals surface area contributed by atoms with Crippen molar-refractivity contribution in [2.24, 2.45) is 10.4 Å². The number of rotatable bonds is 7. The summed E-state index contributed by atoms with van der Waals surface area (Å²) in [5.41, 5.74) is -0.698. The maximum atomic E-state index is 11.8. The SMILES string of the molecule is CCNC(=NCC(C)(C)C(=O)NC)NCC(C)(O)c1ccsc1. The molecule has 0 bridgehead atoms. The van der Waals surface area contributed by atoms with Crippen LogP contribution in [-0.4, -0.2) is 43.7 Å². The van der Waals surface area contributed by atoms with Gasteiger partial charge in [0.1, 0.15) is 5.60 Å². The van der Waals surface area contributed by atoms with Crippen LogP contribution in [-0.2, 0) is 10.4 Å². The van der Waals surface area contributed by atoms with E-state index in [1.54, 1.807) is 25.3 Å². The molecule has 1 unspecified atom stereocenters. The van der Waals surface area contributed by atoms with Gasteiger partial charge in [-0.2, -0.15) is 11.3 Å². The molecule has 1 heterocycles. The van der Waals surface area contributed by atoms with Gasteiger partial charge in [0.25, 0.3) is 0 Å². The summed E-state index contributed by atoms with van der Waals surface area (Å²) in [6.45, 7) is 8.81. The second-order valence-corrected chi connectivity index (χ2v) is 7.08. The predicted octanol–water partition coefficient (Wildman–Crippen LogP) is 1.28. The second-order valence-electron chi connectivity index (χ2n) is 6.30. The first kappa shape index (κ1) is 19.4. The Labute approximate surface area is 142 Å². The van der Waals surface area contributed by atoms with Gasteiger partial charge >= 0.3 is 0 Å². The van der Waals surface area contributed by atoms with E-state index in [-0.39, 0.29) is 5.91 Å². The van der Waals surface area contributed by atoms with E-state index in [2.05, 4.69) is 20.9 Å². The molecule has 130 valence electrons. The lowest BCUT2D eigenvalue weighted by Crippen LogP contribution is -2.45. The Morgan fingerprint density at radius 3 is 2.57 bits per heavy atom. The van der Waals surface area contributed by atoms with Crippen LogP contribution in [0.2, 0.25) is 0 Å². The molecule has 23 heavy (non-hydrogen) atoms. The molecule has 4 N–H and O–H groups in total. The van der Waals surface area contributed by atoms with E-state index in [1.165, 1.54) is 0 Å². The molecule has 1 rings (SSSR count). The van der Waals surface area contributed by atoms with Crippen molar-refractivity contribution in [3.63, 3.8) is 0 Å². The molecule has 6 nitrogen and oxygen atoms in total. The molecule has 0 saturated carbocycles. The minimum absolute atomic E-state index is 0.0534. The number of amides is 1. The van der Waals surface area contributed by atoms with Crippen molar-refractivity contribution in [3.05, 3.63) is 22.4 Å². The van der Waals surface area contributed by atoms with Gasteiger partial charge in [-0.05, 0) is 50.1 Å². The Kier molecular flexibility index (Phi) is 7.02. The molecule has 0 aliphatic rings. The van der Waals surface area contributed by atoms with E-state index in [0.29, 0.717) is 25.6 Å². The minimum Gasteiger partial charge on any atom is -0.384 e. The minimum atomic E-state index is -0.980. The van der Waals surface area contributed by atoms with E-state index in [0.717, 1.165) is 5.56 Å². The zero-order chi connectivity index (χ0) is 17.5. The van der Waals surface area contributed by atoms with Crippen LogP contribution in [0.25, 0.3) is 0 Å². The number of hydrogen-bond acceptors (Lipinski definition) is 4. The number of thiophene rings is 1. The molecular weight excluding hydrogens is 312 g/mol. The van der Waals surface area contributed by atoms with Crippen molar-refractivity contribution in [1.82, 2.24) is 16.0 Å².